The lowest BCUT2D eigenvalue weighted by atomic mass is 10.0. The molecule has 0 heterocycles. The Kier molecular flexibility index (Phi) is 8.09. The average Bonchev–Trinajstić information content (AvgIpc) is 2.66. The lowest BCUT2D eigenvalue weighted by Crippen LogP contribution is -2.24. The minimum Gasteiger partial charge on any atom is -0.483 e. The number of hydrazone groups is 1. The van der Waals surface area contributed by atoms with Crippen molar-refractivity contribution in [2.24, 2.45) is 5.10 Å². The molecule has 0 aromatic heterocycles. The van der Waals surface area contributed by atoms with Gasteiger partial charge in [0.15, 0.2) is 6.61 Å². The number of halogens is 1. The van der Waals surface area contributed by atoms with Gasteiger partial charge in [-0.2, -0.15) is 5.10 Å². The van der Waals surface area contributed by atoms with Crippen LogP contribution in [0.2, 0.25) is 0 Å². The Bertz CT molecular complexity index is 901. The van der Waals surface area contributed by atoms with Gasteiger partial charge in [0.25, 0.3) is 5.91 Å². The summed E-state index contributed by atoms with van der Waals surface area (Å²) in [5, 5.41) is 3.97. The van der Waals surface area contributed by atoms with Gasteiger partial charge in [-0.15, -0.1) is 6.42 Å². The van der Waals surface area contributed by atoms with E-state index in [4.69, 9.17) is 15.9 Å². The van der Waals surface area contributed by atoms with Gasteiger partial charge in [0, 0.05) is 10.0 Å². The van der Waals surface area contributed by atoms with E-state index in [9.17, 15) is 4.79 Å². The van der Waals surface area contributed by atoms with E-state index in [-0.39, 0.29) is 19.1 Å². The van der Waals surface area contributed by atoms with Crippen LogP contribution in [0.15, 0.2) is 46.0 Å². The zero-order valence-corrected chi connectivity index (χ0v) is 17.7. The molecule has 2 aromatic carbocycles. The molecule has 0 bridgehead atoms. The van der Waals surface area contributed by atoms with Crippen LogP contribution in [0.1, 0.15) is 36.5 Å². The summed E-state index contributed by atoms with van der Waals surface area (Å²) in [6.07, 6.45) is 6.72. The van der Waals surface area contributed by atoms with Gasteiger partial charge < -0.3 is 9.47 Å². The first-order valence-corrected chi connectivity index (χ1v) is 9.61. The van der Waals surface area contributed by atoms with Crippen molar-refractivity contribution in [2.45, 2.75) is 26.7 Å². The van der Waals surface area contributed by atoms with Gasteiger partial charge in [-0.1, -0.05) is 47.8 Å². The summed E-state index contributed by atoms with van der Waals surface area (Å²) < 4.78 is 12.0. The number of hydrogen-bond acceptors (Lipinski definition) is 4. The van der Waals surface area contributed by atoms with E-state index in [1.54, 1.807) is 6.07 Å². The SMILES string of the molecule is C#CCOc1ccc(Br)cc1C=NNC(=O)COc1cc(C(C)C)ccc1C. The number of carbonyl (C=O) groups is 1. The second kappa shape index (κ2) is 10.5. The van der Waals surface area contributed by atoms with Crippen molar-refractivity contribution in [3.63, 3.8) is 0 Å². The van der Waals surface area contributed by atoms with Crippen LogP contribution < -0.4 is 14.9 Å². The molecule has 1 N–H and O–H groups in total. The molecule has 28 heavy (non-hydrogen) atoms. The number of terminal acetylenes is 1. The maximum atomic E-state index is 12.0. The molecule has 0 aliphatic rings. The number of rotatable bonds is 8. The number of nitrogens with one attached hydrogen (secondary N) is 1. The highest BCUT2D eigenvalue weighted by molar-refractivity contribution is 9.10. The molecule has 0 spiro atoms. The molecular weight excluding hydrogens is 420 g/mol. The highest BCUT2D eigenvalue weighted by Gasteiger charge is 2.08. The van der Waals surface area contributed by atoms with Crippen molar-refractivity contribution in [2.75, 3.05) is 13.2 Å². The van der Waals surface area contributed by atoms with E-state index in [1.807, 2.05) is 31.2 Å². The Morgan fingerprint density at radius 1 is 1.25 bits per heavy atom. The maximum absolute atomic E-state index is 12.0. The minimum absolute atomic E-state index is 0.126. The van der Waals surface area contributed by atoms with Crippen molar-refractivity contribution in [3.8, 4) is 23.8 Å². The molecule has 0 saturated heterocycles. The number of benzene rings is 2. The largest absolute Gasteiger partial charge is 0.483 e. The molecule has 1 amide bonds. The third kappa shape index (κ3) is 6.43. The zero-order valence-electron chi connectivity index (χ0n) is 16.2. The molecule has 5 nitrogen and oxygen atoms in total. The molecule has 0 radical (unpaired) electrons. The topological polar surface area (TPSA) is 59.9 Å². The van der Waals surface area contributed by atoms with Crippen molar-refractivity contribution in [1.82, 2.24) is 5.43 Å². The quantitative estimate of drug-likeness (QED) is 0.373. The molecule has 146 valence electrons. The molecule has 6 heteroatoms. The van der Waals surface area contributed by atoms with E-state index in [0.717, 1.165) is 15.6 Å². The van der Waals surface area contributed by atoms with Crippen LogP contribution in [0, 0.1) is 19.3 Å². The highest BCUT2D eigenvalue weighted by atomic mass is 79.9. The predicted molar refractivity (Wildman–Crippen MR) is 115 cm³/mol. The monoisotopic (exact) mass is 442 g/mol. The Balaban J connectivity index is 1.95. The summed E-state index contributed by atoms with van der Waals surface area (Å²) in [5.41, 5.74) is 5.28. The van der Waals surface area contributed by atoms with Crippen LogP contribution in [-0.4, -0.2) is 25.3 Å². The van der Waals surface area contributed by atoms with Crippen molar-refractivity contribution in [3.05, 3.63) is 57.6 Å². The first kappa shape index (κ1) is 21.5. The van der Waals surface area contributed by atoms with Gasteiger partial charge >= 0.3 is 0 Å². The number of amides is 1. The zero-order chi connectivity index (χ0) is 20.5. The standard InChI is InChI=1S/C22H23BrN2O3/c1-5-10-27-20-9-8-19(23)11-18(20)13-24-25-22(26)14-28-21-12-17(15(2)3)7-6-16(21)4/h1,6-9,11-13,15H,10,14H2,2-4H3,(H,25,26). The normalized spacial score (nSPS) is 10.7. The Hall–Kier alpha value is -2.78. The van der Waals surface area contributed by atoms with Gasteiger partial charge in [-0.25, -0.2) is 5.43 Å². The van der Waals surface area contributed by atoms with Crippen LogP contribution in [0.5, 0.6) is 11.5 Å². The average molecular weight is 443 g/mol. The summed E-state index contributed by atoms with van der Waals surface area (Å²) in [6.45, 7) is 6.19. The molecule has 0 aliphatic carbocycles. The van der Waals surface area contributed by atoms with E-state index in [0.29, 0.717) is 23.0 Å². The first-order chi connectivity index (χ1) is 13.4. The molecule has 0 fully saturated rings. The Morgan fingerprint density at radius 3 is 2.75 bits per heavy atom. The molecule has 0 saturated carbocycles. The van der Waals surface area contributed by atoms with E-state index >= 15 is 0 Å². The molecule has 2 aromatic rings. The first-order valence-electron chi connectivity index (χ1n) is 8.81. The fourth-order valence-corrected chi connectivity index (χ4v) is 2.73. The molecule has 0 atom stereocenters. The third-order valence-electron chi connectivity index (χ3n) is 3.91. The van der Waals surface area contributed by atoms with E-state index < -0.39 is 0 Å². The third-order valence-corrected chi connectivity index (χ3v) is 4.41. The molecule has 0 aliphatic heterocycles. The second-order valence-corrected chi connectivity index (χ2v) is 7.35. The van der Waals surface area contributed by atoms with Gasteiger partial charge in [-0.05, 0) is 48.2 Å². The fourth-order valence-electron chi connectivity index (χ4n) is 2.35. The van der Waals surface area contributed by atoms with Crippen LogP contribution >= 0.6 is 15.9 Å². The highest BCUT2D eigenvalue weighted by Crippen LogP contribution is 2.24. The van der Waals surface area contributed by atoms with Crippen molar-refractivity contribution >= 4 is 28.1 Å². The summed E-state index contributed by atoms with van der Waals surface area (Å²) >= 11 is 3.39. The number of hydrogen-bond donors (Lipinski definition) is 1. The summed E-state index contributed by atoms with van der Waals surface area (Å²) in [5.74, 6) is 3.72. The van der Waals surface area contributed by atoms with Crippen LogP contribution in [0.3, 0.4) is 0 Å². The van der Waals surface area contributed by atoms with Gasteiger partial charge in [-0.3, -0.25) is 4.79 Å². The maximum Gasteiger partial charge on any atom is 0.277 e. The molecule has 0 unspecified atom stereocenters. The summed E-state index contributed by atoms with van der Waals surface area (Å²) in [6, 6.07) is 11.5. The molecular formula is C22H23BrN2O3. The number of aryl methyl sites for hydroxylation is 1. The van der Waals surface area contributed by atoms with Crippen LogP contribution in [-0.2, 0) is 4.79 Å². The van der Waals surface area contributed by atoms with Gasteiger partial charge in [0.05, 0.1) is 6.21 Å². The lowest BCUT2D eigenvalue weighted by Gasteiger charge is -2.12. The van der Waals surface area contributed by atoms with E-state index in [1.165, 1.54) is 6.21 Å². The van der Waals surface area contributed by atoms with Gasteiger partial charge in [0.2, 0.25) is 0 Å². The van der Waals surface area contributed by atoms with Gasteiger partial charge in [0.1, 0.15) is 18.1 Å². The number of ether oxygens (including phenoxy) is 2. The second-order valence-electron chi connectivity index (χ2n) is 6.44. The van der Waals surface area contributed by atoms with E-state index in [2.05, 4.69) is 52.3 Å². The number of carbonyl (C=O) groups excluding carboxylic acids is 1. The summed E-state index contributed by atoms with van der Waals surface area (Å²) in [7, 11) is 0. The lowest BCUT2D eigenvalue weighted by molar-refractivity contribution is -0.123. The smallest absolute Gasteiger partial charge is 0.277 e. The Labute approximate surface area is 174 Å². The minimum atomic E-state index is -0.355. The van der Waals surface area contributed by atoms with Crippen LogP contribution in [0.25, 0.3) is 0 Å². The summed E-state index contributed by atoms with van der Waals surface area (Å²) in [4.78, 5) is 12.0. The predicted octanol–water partition coefficient (Wildman–Crippen LogP) is 4.42. The molecule has 2 rings (SSSR count). The van der Waals surface area contributed by atoms with Crippen molar-refractivity contribution in [1.29, 1.82) is 0 Å². The number of nitrogens with zero attached hydrogens (tertiary/aromatic N) is 1. The van der Waals surface area contributed by atoms with Crippen LogP contribution in [0.4, 0.5) is 0 Å². The fraction of sp³-hybridized carbons (Fsp3) is 0.273. The Morgan fingerprint density at radius 2 is 2.04 bits per heavy atom. The van der Waals surface area contributed by atoms with Crippen molar-refractivity contribution < 1.29 is 14.3 Å².